The van der Waals surface area contributed by atoms with Crippen molar-refractivity contribution >= 4 is 22.8 Å². The molecule has 0 saturated heterocycles. The summed E-state index contributed by atoms with van der Waals surface area (Å²) in [6.07, 6.45) is 1.25. The molecule has 30 heavy (non-hydrogen) atoms. The van der Waals surface area contributed by atoms with E-state index in [0.29, 0.717) is 22.9 Å². The first kappa shape index (κ1) is 18.9. The van der Waals surface area contributed by atoms with E-state index in [0.717, 1.165) is 4.68 Å². The number of hydrogen-bond acceptors (Lipinski definition) is 10. The van der Waals surface area contributed by atoms with Crippen molar-refractivity contribution in [2.45, 2.75) is 33.1 Å². The summed E-state index contributed by atoms with van der Waals surface area (Å²) < 4.78 is 2.69. The topological polar surface area (TPSA) is 172 Å². The van der Waals surface area contributed by atoms with E-state index in [1.807, 2.05) is 20.8 Å². The third-order valence-electron chi connectivity index (χ3n) is 4.08. The molecule has 4 aromatic heterocycles. The minimum atomic E-state index is -0.707. The highest BCUT2D eigenvalue weighted by atomic mass is 16.3. The van der Waals surface area contributed by atoms with E-state index >= 15 is 0 Å². The van der Waals surface area contributed by atoms with E-state index in [-0.39, 0.29) is 22.9 Å². The molecule has 0 radical (unpaired) electrons. The van der Waals surface area contributed by atoms with Crippen molar-refractivity contribution in [1.29, 1.82) is 0 Å². The average molecular weight is 408 g/mol. The highest BCUT2D eigenvalue weighted by molar-refractivity contribution is 5.69. The Morgan fingerprint density at radius 2 is 1.83 bits per heavy atom. The molecule has 0 aliphatic rings. The Bertz CT molecular complexity index is 1310. The lowest BCUT2D eigenvalue weighted by molar-refractivity contribution is 0.379. The van der Waals surface area contributed by atoms with Crippen LogP contribution in [0.1, 0.15) is 32.3 Å². The fraction of sp³-hybridized carbons (Fsp3) is 0.312. The third kappa shape index (κ3) is 3.07. The number of aromatic hydroxyl groups is 2. The van der Waals surface area contributed by atoms with Crippen molar-refractivity contribution in [3.8, 4) is 18.0 Å². The summed E-state index contributed by atoms with van der Waals surface area (Å²) in [6.45, 7) is 15.1. The second-order valence-electron chi connectivity index (χ2n) is 7.29. The summed E-state index contributed by atoms with van der Waals surface area (Å²) in [5.41, 5.74) is 1.40. The Morgan fingerprint density at radius 1 is 1.13 bits per heavy atom. The molecule has 0 unspecified atom stereocenters. The summed E-state index contributed by atoms with van der Waals surface area (Å²) in [5, 5.41) is 43.2. The van der Waals surface area contributed by atoms with Crippen LogP contribution < -0.4 is 0 Å². The van der Waals surface area contributed by atoms with Gasteiger partial charge in [-0.3, -0.25) is 5.10 Å². The van der Waals surface area contributed by atoms with Crippen LogP contribution in [0.3, 0.4) is 0 Å². The van der Waals surface area contributed by atoms with Gasteiger partial charge < -0.3 is 10.2 Å². The van der Waals surface area contributed by atoms with Crippen LogP contribution in [-0.2, 0) is 5.41 Å². The number of fused-ring (bicyclic) bond motifs is 1. The summed E-state index contributed by atoms with van der Waals surface area (Å²) in [6, 6.07) is -1.41. The van der Waals surface area contributed by atoms with Crippen LogP contribution in [0, 0.1) is 13.5 Å². The largest absolute Gasteiger partial charge is 0.479 e. The number of hydrogen-bond donors (Lipinski definition) is 3. The highest BCUT2D eigenvalue weighted by Gasteiger charge is 2.26. The lowest BCUT2D eigenvalue weighted by Gasteiger charge is -2.15. The molecule has 0 aliphatic heterocycles. The summed E-state index contributed by atoms with van der Waals surface area (Å²) >= 11 is 0. The van der Waals surface area contributed by atoms with E-state index in [4.69, 9.17) is 6.57 Å². The Hall–Kier alpha value is -4.41. The van der Waals surface area contributed by atoms with Crippen LogP contribution in [0.15, 0.2) is 16.4 Å². The number of aromatic nitrogens is 9. The molecular formula is C16H16N12O2. The molecule has 3 N–H and O–H groups in total. The van der Waals surface area contributed by atoms with Crippen LogP contribution in [0.4, 0.5) is 17.2 Å². The van der Waals surface area contributed by atoms with E-state index in [2.05, 4.69) is 50.4 Å². The van der Waals surface area contributed by atoms with Gasteiger partial charge in [0.1, 0.15) is 5.82 Å². The maximum Gasteiger partial charge on any atom is 0.321 e. The minimum Gasteiger partial charge on any atom is -0.479 e. The van der Waals surface area contributed by atoms with Gasteiger partial charge in [-0.25, -0.2) is 4.85 Å². The first-order chi connectivity index (χ1) is 14.2. The van der Waals surface area contributed by atoms with Crippen molar-refractivity contribution in [2.75, 3.05) is 0 Å². The van der Waals surface area contributed by atoms with Gasteiger partial charge in [-0.15, -0.1) is 15.2 Å². The molecule has 0 fully saturated rings. The summed E-state index contributed by atoms with van der Waals surface area (Å²) in [4.78, 5) is 14.1. The Kier molecular flexibility index (Phi) is 4.15. The first-order valence-corrected chi connectivity index (χ1v) is 8.65. The van der Waals surface area contributed by atoms with Crippen LogP contribution in [0.5, 0.6) is 12.0 Å². The molecular weight excluding hydrogens is 392 g/mol. The van der Waals surface area contributed by atoms with Gasteiger partial charge in [0.15, 0.2) is 17.2 Å². The zero-order valence-electron chi connectivity index (χ0n) is 16.4. The van der Waals surface area contributed by atoms with Crippen LogP contribution in [-0.4, -0.2) is 54.8 Å². The first-order valence-electron chi connectivity index (χ1n) is 8.65. The van der Waals surface area contributed by atoms with Gasteiger partial charge in [-0.1, -0.05) is 20.8 Å². The van der Waals surface area contributed by atoms with E-state index in [9.17, 15) is 10.2 Å². The highest BCUT2D eigenvalue weighted by Crippen LogP contribution is 2.37. The molecule has 4 heterocycles. The fourth-order valence-electron chi connectivity index (χ4n) is 2.71. The quantitative estimate of drug-likeness (QED) is 0.342. The van der Waals surface area contributed by atoms with Crippen LogP contribution >= 0.6 is 0 Å². The molecule has 0 saturated carbocycles. The Morgan fingerprint density at radius 3 is 2.47 bits per heavy atom. The molecule has 0 aromatic carbocycles. The molecule has 0 atom stereocenters. The third-order valence-corrected chi connectivity index (χ3v) is 4.08. The molecule has 4 aromatic rings. The Balaban J connectivity index is 1.88. The summed E-state index contributed by atoms with van der Waals surface area (Å²) in [7, 11) is 0. The van der Waals surface area contributed by atoms with E-state index < -0.39 is 12.0 Å². The number of nitrogens with one attached hydrogen (secondary N) is 1. The maximum atomic E-state index is 9.54. The maximum absolute atomic E-state index is 9.54. The number of H-pyrrole nitrogens is 1. The van der Waals surface area contributed by atoms with Crippen molar-refractivity contribution in [3.05, 3.63) is 29.1 Å². The monoisotopic (exact) mass is 408 g/mol. The van der Waals surface area contributed by atoms with Crippen LogP contribution in [0.2, 0.25) is 0 Å². The molecule has 152 valence electrons. The normalized spacial score (nSPS) is 12.1. The minimum absolute atomic E-state index is 0.00504. The predicted molar refractivity (Wildman–Crippen MR) is 101 cm³/mol. The number of aromatic amines is 1. The zero-order valence-corrected chi connectivity index (χ0v) is 16.4. The van der Waals surface area contributed by atoms with Crippen molar-refractivity contribution in [1.82, 2.24) is 44.5 Å². The predicted octanol–water partition coefficient (Wildman–Crippen LogP) is 2.41. The second-order valence-corrected chi connectivity index (χ2v) is 7.29. The van der Waals surface area contributed by atoms with Crippen LogP contribution in [0.25, 0.3) is 16.4 Å². The molecule has 14 heteroatoms. The molecule has 14 nitrogen and oxygen atoms in total. The number of azo groups is 1. The van der Waals surface area contributed by atoms with E-state index in [1.165, 1.54) is 6.20 Å². The second kappa shape index (κ2) is 6.58. The standard InChI is InChI=1S/C16H16N12O2/c1-7-22-25-12-9(10(16(2,3)4)26-27(7)12)23-24-11-8(17-5)6-18-28(11)13-19-14(29)21-15(30)20-13/h6,25H,1-4H3,(H2,19,20,21,29,30)/b24-23+. The van der Waals surface area contributed by atoms with Gasteiger partial charge in [0.2, 0.25) is 0 Å². The lowest BCUT2D eigenvalue weighted by Crippen LogP contribution is -2.12. The molecule has 0 bridgehead atoms. The van der Waals surface area contributed by atoms with Crippen molar-refractivity contribution in [2.24, 2.45) is 10.2 Å². The van der Waals surface area contributed by atoms with Gasteiger partial charge >= 0.3 is 12.0 Å². The average Bonchev–Trinajstić information content (AvgIpc) is 3.33. The fourth-order valence-corrected chi connectivity index (χ4v) is 2.71. The van der Waals surface area contributed by atoms with Gasteiger partial charge in [-0.2, -0.15) is 34.5 Å². The van der Waals surface area contributed by atoms with Crippen molar-refractivity contribution < 1.29 is 10.2 Å². The van der Waals surface area contributed by atoms with Gasteiger partial charge in [0.05, 0.1) is 18.5 Å². The van der Waals surface area contributed by atoms with Gasteiger partial charge in [-0.05, 0) is 6.92 Å². The van der Waals surface area contributed by atoms with Crippen molar-refractivity contribution in [3.63, 3.8) is 0 Å². The molecule has 0 spiro atoms. The summed E-state index contributed by atoms with van der Waals surface area (Å²) in [5.74, 6) is 0.433. The number of nitrogens with zero attached hydrogens (tertiary/aromatic N) is 11. The van der Waals surface area contributed by atoms with Gasteiger partial charge in [0.25, 0.3) is 11.6 Å². The molecule has 0 amide bonds. The number of aryl methyl sites for hydroxylation is 1. The lowest BCUT2D eigenvalue weighted by atomic mass is 9.91. The molecule has 0 aliphatic carbocycles. The smallest absolute Gasteiger partial charge is 0.321 e. The zero-order chi connectivity index (χ0) is 21.6. The van der Waals surface area contributed by atoms with Gasteiger partial charge in [0, 0.05) is 5.41 Å². The SMILES string of the molecule is [C-]#[N+]c1cnn(-c2nc(O)nc(O)n2)c1/N=N/c1c(C(C)(C)C)nn2c(C)n[nH]c12. The van der Waals surface area contributed by atoms with E-state index in [1.54, 1.807) is 11.4 Å². The number of rotatable bonds is 3. The molecule has 4 rings (SSSR count). The Labute approximate surface area is 168 Å².